The largest absolute Gasteiger partial charge is 0.381 e. The number of aryl methyl sites for hydroxylation is 1. The SMILES string of the molecule is Cc1cc(Br)ccc1NCc1ccc2cnccc2c1. The maximum Gasteiger partial charge on any atom is 0.0401 e. The summed E-state index contributed by atoms with van der Waals surface area (Å²) in [5.41, 5.74) is 3.68. The van der Waals surface area contributed by atoms with Crippen LogP contribution in [-0.2, 0) is 6.54 Å². The summed E-state index contributed by atoms with van der Waals surface area (Å²) in [4.78, 5) is 4.14. The Morgan fingerprint density at radius 1 is 1.05 bits per heavy atom. The molecule has 3 rings (SSSR count). The van der Waals surface area contributed by atoms with Gasteiger partial charge in [0.2, 0.25) is 0 Å². The van der Waals surface area contributed by atoms with E-state index in [1.807, 2.05) is 18.5 Å². The first-order chi connectivity index (χ1) is 9.72. The molecule has 1 aromatic heterocycles. The highest BCUT2D eigenvalue weighted by molar-refractivity contribution is 9.10. The van der Waals surface area contributed by atoms with Crippen molar-refractivity contribution < 1.29 is 0 Å². The van der Waals surface area contributed by atoms with E-state index in [9.17, 15) is 0 Å². The first kappa shape index (κ1) is 13.1. The van der Waals surface area contributed by atoms with Crippen LogP contribution in [0, 0.1) is 6.92 Å². The Kier molecular flexibility index (Phi) is 3.70. The van der Waals surface area contributed by atoms with E-state index in [2.05, 4.69) is 69.6 Å². The Morgan fingerprint density at radius 2 is 1.95 bits per heavy atom. The van der Waals surface area contributed by atoms with Crippen molar-refractivity contribution in [1.29, 1.82) is 0 Å². The van der Waals surface area contributed by atoms with Gasteiger partial charge in [0.25, 0.3) is 0 Å². The molecule has 3 heteroatoms. The second-order valence-electron chi connectivity index (χ2n) is 4.87. The quantitative estimate of drug-likeness (QED) is 0.739. The third kappa shape index (κ3) is 2.83. The van der Waals surface area contributed by atoms with Crippen LogP contribution in [0.5, 0.6) is 0 Å². The van der Waals surface area contributed by atoms with E-state index >= 15 is 0 Å². The van der Waals surface area contributed by atoms with Gasteiger partial charge in [0.05, 0.1) is 0 Å². The summed E-state index contributed by atoms with van der Waals surface area (Å²) in [6.45, 7) is 2.93. The van der Waals surface area contributed by atoms with Gasteiger partial charge in [-0.1, -0.05) is 28.1 Å². The Bertz CT molecular complexity index is 753. The van der Waals surface area contributed by atoms with E-state index in [0.717, 1.165) is 11.0 Å². The van der Waals surface area contributed by atoms with Gasteiger partial charge >= 0.3 is 0 Å². The second-order valence-corrected chi connectivity index (χ2v) is 5.79. The van der Waals surface area contributed by atoms with Crippen molar-refractivity contribution in [2.45, 2.75) is 13.5 Å². The fraction of sp³-hybridized carbons (Fsp3) is 0.118. The molecule has 0 atom stereocenters. The normalized spacial score (nSPS) is 10.7. The molecule has 3 aromatic rings. The molecule has 0 saturated carbocycles. The Labute approximate surface area is 127 Å². The van der Waals surface area contributed by atoms with E-state index in [4.69, 9.17) is 0 Å². The minimum atomic E-state index is 0.820. The predicted octanol–water partition coefficient (Wildman–Crippen LogP) is 4.92. The first-order valence-electron chi connectivity index (χ1n) is 6.55. The molecular weight excluding hydrogens is 312 g/mol. The topological polar surface area (TPSA) is 24.9 Å². The zero-order valence-electron chi connectivity index (χ0n) is 11.2. The average Bonchev–Trinajstić information content (AvgIpc) is 2.46. The van der Waals surface area contributed by atoms with Gasteiger partial charge in [-0.2, -0.15) is 0 Å². The van der Waals surface area contributed by atoms with E-state index in [1.54, 1.807) is 0 Å². The second kappa shape index (κ2) is 5.63. The molecule has 0 aliphatic heterocycles. The summed E-state index contributed by atoms with van der Waals surface area (Å²) >= 11 is 3.49. The average molecular weight is 327 g/mol. The first-order valence-corrected chi connectivity index (χ1v) is 7.34. The van der Waals surface area contributed by atoms with Gasteiger partial charge in [-0.15, -0.1) is 0 Å². The van der Waals surface area contributed by atoms with Gasteiger partial charge in [0.15, 0.2) is 0 Å². The Morgan fingerprint density at radius 3 is 2.80 bits per heavy atom. The van der Waals surface area contributed by atoms with Crippen LogP contribution in [0.25, 0.3) is 10.8 Å². The molecular formula is C17H15BrN2. The zero-order valence-corrected chi connectivity index (χ0v) is 12.8. The molecule has 0 spiro atoms. The molecule has 0 unspecified atom stereocenters. The van der Waals surface area contributed by atoms with Crippen LogP contribution < -0.4 is 5.32 Å². The molecule has 0 saturated heterocycles. The highest BCUT2D eigenvalue weighted by Crippen LogP contribution is 2.21. The van der Waals surface area contributed by atoms with Crippen molar-refractivity contribution >= 4 is 32.4 Å². The van der Waals surface area contributed by atoms with E-state index < -0.39 is 0 Å². The van der Waals surface area contributed by atoms with Crippen LogP contribution in [0.15, 0.2) is 59.3 Å². The van der Waals surface area contributed by atoms with Gasteiger partial charge < -0.3 is 5.32 Å². The summed E-state index contributed by atoms with van der Waals surface area (Å²) in [6.07, 6.45) is 3.73. The lowest BCUT2D eigenvalue weighted by molar-refractivity contribution is 1.14. The van der Waals surface area contributed by atoms with Crippen LogP contribution in [0.2, 0.25) is 0 Å². The highest BCUT2D eigenvalue weighted by Gasteiger charge is 2.00. The number of anilines is 1. The zero-order chi connectivity index (χ0) is 13.9. The summed E-state index contributed by atoms with van der Waals surface area (Å²) in [5.74, 6) is 0. The van der Waals surface area contributed by atoms with Gasteiger partial charge in [-0.05, 0) is 53.8 Å². The maximum atomic E-state index is 4.14. The fourth-order valence-electron chi connectivity index (χ4n) is 2.27. The monoisotopic (exact) mass is 326 g/mol. The number of rotatable bonds is 3. The molecule has 0 amide bonds. The number of fused-ring (bicyclic) bond motifs is 1. The van der Waals surface area contributed by atoms with Crippen molar-refractivity contribution in [2.75, 3.05) is 5.32 Å². The van der Waals surface area contributed by atoms with Crippen molar-refractivity contribution in [3.05, 3.63) is 70.5 Å². The number of benzene rings is 2. The number of nitrogens with zero attached hydrogens (tertiary/aromatic N) is 1. The third-order valence-corrected chi connectivity index (χ3v) is 3.87. The molecule has 20 heavy (non-hydrogen) atoms. The van der Waals surface area contributed by atoms with Crippen LogP contribution in [-0.4, -0.2) is 4.98 Å². The number of halogens is 1. The van der Waals surface area contributed by atoms with Gasteiger partial charge in [0.1, 0.15) is 0 Å². The lowest BCUT2D eigenvalue weighted by Gasteiger charge is -2.10. The van der Waals surface area contributed by atoms with Crippen molar-refractivity contribution in [3.63, 3.8) is 0 Å². The molecule has 2 aromatic carbocycles. The molecule has 1 N–H and O–H groups in total. The number of nitrogens with one attached hydrogen (secondary N) is 1. The number of hydrogen-bond acceptors (Lipinski definition) is 2. The third-order valence-electron chi connectivity index (χ3n) is 3.38. The smallest absolute Gasteiger partial charge is 0.0401 e. The maximum absolute atomic E-state index is 4.14. The summed E-state index contributed by atoms with van der Waals surface area (Å²) in [7, 11) is 0. The Hall–Kier alpha value is -1.87. The molecule has 0 fully saturated rings. The molecule has 2 nitrogen and oxygen atoms in total. The van der Waals surface area contributed by atoms with Crippen LogP contribution in [0.3, 0.4) is 0 Å². The minimum Gasteiger partial charge on any atom is -0.381 e. The molecule has 0 radical (unpaired) electrons. The number of pyridine rings is 1. The van der Waals surface area contributed by atoms with Crippen molar-refractivity contribution in [2.24, 2.45) is 0 Å². The van der Waals surface area contributed by atoms with Gasteiger partial charge in [-0.25, -0.2) is 0 Å². The molecule has 0 aliphatic rings. The minimum absolute atomic E-state index is 0.820. The van der Waals surface area contributed by atoms with Crippen LogP contribution >= 0.6 is 15.9 Å². The molecule has 100 valence electrons. The summed E-state index contributed by atoms with van der Waals surface area (Å²) < 4.78 is 1.11. The standard InChI is InChI=1S/C17H15BrN2/c1-12-8-16(18)4-5-17(12)20-10-13-2-3-15-11-19-7-6-14(15)9-13/h2-9,11,20H,10H2,1H3. The van der Waals surface area contributed by atoms with Crippen LogP contribution in [0.4, 0.5) is 5.69 Å². The van der Waals surface area contributed by atoms with Crippen LogP contribution in [0.1, 0.15) is 11.1 Å². The Balaban J connectivity index is 1.79. The lowest BCUT2D eigenvalue weighted by Crippen LogP contribution is -2.00. The van der Waals surface area contributed by atoms with E-state index in [0.29, 0.717) is 0 Å². The highest BCUT2D eigenvalue weighted by atomic mass is 79.9. The van der Waals surface area contributed by atoms with Crippen molar-refractivity contribution in [3.8, 4) is 0 Å². The predicted molar refractivity (Wildman–Crippen MR) is 87.9 cm³/mol. The summed E-state index contributed by atoms with van der Waals surface area (Å²) in [6, 6.07) is 14.8. The molecule has 0 bridgehead atoms. The van der Waals surface area contributed by atoms with Gasteiger partial charge in [-0.3, -0.25) is 4.98 Å². The van der Waals surface area contributed by atoms with Gasteiger partial charge in [0, 0.05) is 34.5 Å². The number of aromatic nitrogens is 1. The van der Waals surface area contributed by atoms with Crippen molar-refractivity contribution in [1.82, 2.24) is 4.98 Å². The summed E-state index contributed by atoms with van der Waals surface area (Å²) in [5, 5.41) is 5.89. The number of hydrogen-bond donors (Lipinski definition) is 1. The van der Waals surface area contributed by atoms with E-state index in [1.165, 1.54) is 27.6 Å². The fourth-order valence-corrected chi connectivity index (χ4v) is 2.74. The molecule has 1 heterocycles. The molecule has 0 aliphatic carbocycles. The van der Waals surface area contributed by atoms with E-state index in [-0.39, 0.29) is 0 Å². The lowest BCUT2D eigenvalue weighted by atomic mass is 10.1.